The van der Waals surface area contributed by atoms with E-state index >= 15 is 0 Å². The third-order valence-corrected chi connectivity index (χ3v) is 3.75. The molecule has 0 atom stereocenters. The zero-order valence-corrected chi connectivity index (χ0v) is 11.5. The van der Waals surface area contributed by atoms with Crippen LogP contribution >= 0.6 is 0 Å². The van der Waals surface area contributed by atoms with Crippen LogP contribution in [0.2, 0.25) is 0 Å². The van der Waals surface area contributed by atoms with Crippen LogP contribution in [0.5, 0.6) is 0 Å². The van der Waals surface area contributed by atoms with E-state index in [9.17, 15) is 0 Å². The second-order valence-electron chi connectivity index (χ2n) is 5.75. The van der Waals surface area contributed by atoms with E-state index in [1.807, 2.05) is 0 Å². The van der Waals surface area contributed by atoms with E-state index < -0.39 is 0 Å². The van der Waals surface area contributed by atoms with Crippen LogP contribution in [0.25, 0.3) is 0 Å². The summed E-state index contributed by atoms with van der Waals surface area (Å²) in [5.74, 6) is 0. The summed E-state index contributed by atoms with van der Waals surface area (Å²) in [5, 5.41) is 0.247. The average molecular weight is 189 g/mol. The minimum atomic E-state index is 0.247. The Morgan fingerprint density at radius 3 is 1.20 bits per heavy atom. The highest BCUT2D eigenvalue weighted by Gasteiger charge is 2.21. The van der Waals surface area contributed by atoms with Crippen LogP contribution < -0.4 is 27.3 Å². The molecule has 1 aromatic carbocycles. The Kier molecular flexibility index (Phi) is 3.33. The summed E-state index contributed by atoms with van der Waals surface area (Å²) in [7, 11) is 15.8. The van der Waals surface area contributed by atoms with Crippen molar-refractivity contribution in [2.75, 3.05) is 0 Å². The molecule has 0 aliphatic rings. The van der Waals surface area contributed by atoms with Crippen molar-refractivity contribution < 1.29 is 0 Å². The Hall–Kier alpha value is -0.325. The van der Waals surface area contributed by atoms with Gasteiger partial charge >= 0.3 is 0 Å². The molecule has 70 valence electrons. The highest BCUT2D eigenvalue weighted by molar-refractivity contribution is 6.68. The third-order valence-electron chi connectivity index (χ3n) is 3.75. The molecule has 0 heterocycles. The molecular weight excluding hydrogens is 172 g/mol. The standard InChI is InChI=1S/C8H17B7/c1-8(14,15)2-3(9)5(11)7(13)6(12)4(2)10/h9-15H2,1H3. The fourth-order valence-corrected chi connectivity index (χ4v) is 2.62. The van der Waals surface area contributed by atoms with Crippen molar-refractivity contribution in [2.45, 2.75) is 12.1 Å². The molecule has 15 heavy (non-hydrogen) atoms. The van der Waals surface area contributed by atoms with Crippen molar-refractivity contribution in [1.82, 2.24) is 0 Å². The first-order chi connectivity index (χ1) is 6.68. The summed E-state index contributed by atoms with van der Waals surface area (Å²) in [4.78, 5) is 0. The van der Waals surface area contributed by atoms with Crippen LogP contribution in [-0.2, 0) is 5.21 Å². The van der Waals surface area contributed by atoms with Gasteiger partial charge in [0, 0.05) is 0 Å². The van der Waals surface area contributed by atoms with Crippen molar-refractivity contribution in [1.29, 1.82) is 0 Å². The van der Waals surface area contributed by atoms with E-state index in [4.69, 9.17) is 0 Å². The second kappa shape index (κ2) is 3.92. The van der Waals surface area contributed by atoms with Gasteiger partial charge in [-0.15, -0.1) is 16.4 Å². The summed E-state index contributed by atoms with van der Waals surface area (Å²) >= 11 is 0. The fraction of sp³-hybridized carbons (Fsp3) is 0.250. The first-order valence-corrected chi connectivity index (χ1v) is 5.75. The normalized spacial score (nSPS) is 11.5. The van der Waals surface area contributed by atoms with Crippen molar-refractivity contribution in [3.63, 3.8) is 0 Å². The van der Waals surface area contributed by atoms with Gasteiger partial charge in [-0.05, 0) is 0 Å². The van der Waals surface area contributed by atoms with Gasteiger partial charge in [0.05, 0.1) is 0 Å². The topological polar surface area (TPSA) is 0 Å². The molecule has 0 aliphatic heterocycles. The molecule has 0 aromatic heterocycles. The fourth-order valence-electron chi connectivity index (χ4n) is 2.62. The molecule has 0 spiro atoms. The van der Waals surface area contributed by atoms with Crippen molar-refractivity contribution in [3.8, 4) is 0 Å². The van der Waals surface area contributed by atoms with Crippen molar-refractivity contribution >= 4 is 82.2 Å². The van der Waals surface area contributed by atoms with Gasteiger partial charge in [0.15, 0.2) is 0 Å². The van der Waals surface area contributed by atoms with Gasteiger partial charge in [-0.25, -0.2) is 0 Å². The summed E-state index contributed by atoms with van der Waals surface area (Å²) in [5.41, 5.74) is 8.86. The second-order valence-corrected chi connectivity index (χ2v) is 5.75. The van der Waals surface area contributed by atoms with Crippen LogP contribution in [0.3, 0.4) is 0 Å². The molecule has 7 heteroatoms. The number of benzene rings is 1. The van der Waals surface area contributed by atoms with Crippen LogP contribution in [-0.4, -0.2) is 54.9 Å². The number of rotatable bonds is 1. The number of hydrogen-bond donors (Lipinski definition) is 0. The minimum Gasteiger partial charge on any atom is -0.102 e. The van der Waals surface area contributed by atoms with Crippen molar-refractivity contribution in [3.05, 3.63) is 5.56 Å². The predicted octanol–water partition coefficient (Wildman–Crippen LogP) is -8.58. The summed E-state index contributed by atoms with van der Waals surface area (Å²) < 4.78 is 0. The Balaban J connectivity index is 3.68. The maximum absolute atomic E-state index is 2.30. The highest BCUT2D eigenvalue weighted by Crippen LogP contribution is 2.08. The maximum Gasteiger partial charge on any atom is 0.138 e. The summed E-state index contributed by atoms with van der Waals surface area (Å²) in [6.07, 6.45) is 0. The molecular formula is C8H17B7. The van der Waals surface area contributed by atoms with Crippen molar-refractivity contribution in [2.24, 2.45) is 0 Å². The Morgan fingerprint density at radius 2 is 0.933 bits per heavy atom. The molecule has 1 rings (SSSR count). The third kappa shape index (κ3) is 2.12. The van der Waals surface area contributed by atoms with Crippen LogP contribution in [0.1, 0.15) is 12.5 Å². The quantitative estimate of drug-likeness (QED) is 0.385. The zero-order chi connectivity index (χ0) is 12.0. The van der Waals surface area contributed by atoms with E-state index in [-0.39, 0.29) is 5.21 Å². The summed E-state index contributed by atoms with van der Waals surface area (Å²) in [6, 6.07) is 0. The Morgan fingerprint density at radius 1 is 0.667 bits per heavy atom. The molecule has 0 unspecified atom stereocenters. The van der Waals surface area contributed by atoms with Gasteiger partial charge in [-0.1, -0.05) is 28.6 Å². The predicted molar refractivity (Wildman–Crippen MR) is 91.8 cm³/mol. The zero-order valence-electron chi connectivity index (χ0n) is 11.5. The minimum absolute atomic E-state index is 0.247. The van der Waals surface area contributed by atoms with Crippen LogP contribution in [0, 0.1) is 0 Å². The molecule has 0 aliphatic carbocycles. The van der Waals surface area contributed by atoms with Crippen LogP contribution in [0.4, 0.5) is 0 Å². The molecule has 0 radical (unpaired) electrons. The number of hydrogen-bond acceptors (Lipinski definition) is 0. The first-order valence-electron chi connectivity index (χ1n) is 5.75. The SMILES string of the molecule is Bc1c(B)c(B)c(C(B)(B)C)c(B)c1B. The largest absolute Gasteiger partial charge is 0.138 e. The smallest absolute Gasteiger partial charge is 0.102 e. The molecule has 0 saturated carbocycles. The Bertz CT molecular complexity index is 375. The molecule has 1 aromatic rings. The van der Waals surface area contributed by atoms with Gasteiger partial charge in [0.1, 0.15) is 54.9 Å². The van der Waals surface area contributed by atoms with E-state index in [0.29, 0.717) is 0 Å². The van der Waals surface area contributed by atoms with E-state index in [2.05, 4.69) is 61.8 Å². The molecule has 0 saturated heterocycles. The lowest BCUT2D eigenvalue weighted by Crippen LogP contribution is -2.59. The van der Waals surface area contributed by atoms with E-state index in [1.165, 1.54) is 32.9 Å². The average Bonchev–Trinajstić information content (AvgIpc) is 2.09. The Labute approximate surface area is 100 Å². The lowest BCUT2D eigenvalue weighted by atomic mass is 9.46. The molecule has 0 bridgehead atoms. The first kappa shape index (κ1) is 12.7. The lowest BCUT2D eigenvalue weighted by Gasteiger charge is -2.29. The van der Waals surface area contributed by atoms with Gasteiger partial charge in [-0.2, -0.15) is 0 Å². The molecule has 0 amide bonds. The van der Waals surface area contributed by atoms with E-state index in [0.717, 1.165) is 0 Å². The highest BCUT2D eigenvalue weighted by atomic mass is 14.1. The molecule has 0 N–H and O–H groups in total. The maximum atomic E-state index is 2.30. The lowest BCUT2D eigenvalue weighted by molar-refractivity contribution is 0.994. The molecule has 0 nitrogen and oxygen atoms in total. The summed E-state index contributed by atoms with van der Waals surface area (Å²) in [6.45, 7) is 2.30. The van der Waals surface area contributed by atoms with Crippen LogP contribution in [0.15, 0.2) is 0 Å². The van der Waals surface area contributed by atoms with Gasteiger partial charge < -0.3 is 0 Å². The van der Waals surface area contributed by atoms with Gasteiger partial charge in [0.2, 0.25) is 0 Å². The van der Waals surface area contributed by atoms with Gasteiger partial charge in [-0.3, -0.25) is 0 Å². The monoisotopic (exact) mass is 190 g/mol. The van der Waals surface area contributed by atoms with Gasteiger partial charge in [0.25, 0.3) is 0 Å². The van der Waals surface area contributed by atoms with E-state index in [1.54, 1.807) is 0 Å². The molecule has 0 fully saturated rings.